The average Bonchev–Trinajstić information content (AvgIpc) is 3.41. The third-order valence-electron chi connectivity index (χ3n) is 6.64. The van der Waals surface area contributed by atoms with Crippen molar-refractivity contribution in [1.82, 2.24) is 15.5 Å². The smallest absolute Gasteiger partial charge is 0.328 e. The van der Waals surface area contributed by atoms with Gasteiger partial charge in [0.05, 0.1) is 7.11 Å². The number of hydrogen-bond donors (Lipinski definition) is 2. The van der Waals surface area contributed by atoms with Gasteiger partial charge in [-0.1, -0.05) is 63.7 Å². The Morgan fingerprint density at radius 3 is 2.23 bits per heavy atom. The van der Waals surface area contributed by atoms with Gasteiger partial charge in [0.15, 0.2) is 0 Å². The highest BCUT2D eigenvalue weighted by Crippen LogP contribution is 2.21. The van der Waals surface area contributed by atoms with E-state index in [-0.39, 0.29) is 31.6 Å². The summed E-state index contributed by atoms with van der Waals surface area (Å²) in [6.45, 7) is 6.14. The van der Waals surface area contributed by atoms with E-state index in [1.54, 1.807) is 0 Å². The van der Waals surface area contributed by atoms with Crippen LogP contribution in [0.25, 0.3) is 0 Å². The number of likely N-dealkylation sites (tertiary alicyclic amines) is 1. The number of rotatable bonds is 12. The Kier molecular flexibility index (Phi) is 12.6. The van der Waals surface area contributed by atoms with Crippen LogP contribution in [0.15, 0.2) is 54.6 Å². The molecule has 1 aliphatic rings. The lowest BCUT2D eigenvalue weighted by Gasteiger charge is -2.30. The second kappa shape index (κ2) is 15.6. The molecule has 0 radical (unpaired) electrons. The van der Waals surface area contributed by atoms with Crippen molar-refractivity contribution in [1.29, 1.82) is 0 Å². The fourth-order valence-electron chi connectivity index (χ4n) is 4.73. The molecule has 2 N–H and O–H groups in total. The molecule has 9 heteroatoms. The maximum atomic E-state index is 13.5. The first-order valence-corrected chi connectivity index (χ1v) is 13.4. The van der Waals surface area contributed by atoms with Gasteiger partial charge >= 0.3 is 5.97 Å². The van der Waals surface area contributed by atoms with Crippen LogP contribution in [0, 0.1) is 5.92 Å². The van der Waals surface area contributed by atoms with E-state index in [1.807, 2.05) is 68.4 Å². The molecule has 1 aliphatic heterocycles. The molecule has 9 nitrogen and oxygen atoms in total. The Hall–Kier alpha value is -3.88. The number of nitrogens with one attached hydrogen (secondary N) is 2. The molecule has 3 atom stereocenters. The predicted octanol–water partition coefficient (Wildman–Crippen LogP) is 3.64. The number of carbonyl (C=O) groups is 4. The molecule has 2 aromatic rings. The first kappa shape index (κ1) is 32.3. The van der Waals surface area contributed by atoms with Crippen LogP contribution in [-0.2, 0) is 36.9 Å². The zero-order chi connectivity index (χ0) is 28.4. The molecule has 1 heterocycles. The summed E-state index contributed by atoms with van der Waals surface area (Å²) in [5, 5.41) is 5.57. The zero-order valence-corrected chi connectivity index (χ0v) is 23.1. The minimum absolute atomic E-state index is 0. The van der Waals surface area contributed by atoms with Gasteiger partial charge in [-0.15, -0.1) is 0 Å². The summed E-state index contributed by atoms with van der Waals surface area (Å²) in [6, 6.07) is 14.8. The van der Waals surface area contributed by atoms with E-state index >= 15 is 0 Å². The summed E-state index contributed by atoms with van der Waals surface area (Å²) in [7, 11) is 1.30. The fourth-order valence-corrected chi connectivity index (χ4v) is 4.73. The Labute approximate surface area is 237 Å². The molecule has 3 amide bonds. The maximum Gasteiger partial charge on any atom is 0.328 e. The van der Waals surface area contributed by atoms with Crippen LogP contribution in [0.4, 0.5) is 0 Å². The number of methoxy groups -OCH3 is 1. The first-order valence-electron chi connectivity index (χ1n) is 13.4. The molecule has 1 saturated heterocycles. The second-order valence-corrected chi connectivity index (χ2v) is 10.3. The van der Waals surface area contributed by atoms with E-state index in [9.17, 15) is 19.2 Å². The number of nitrogens with zero attached hydrogens (tertiary/aromatic N) is 1. The van der Waals surface area contributed by atoms with Gasteiger partial charge in [-0.2, -0.15) is 0 Å². The summed E-state index contributed by atoms with van der Waals surface area (Å²) >= 11 is 0. The normalized spacial score (nSPS) is 15.9. The second-order valence-electron chi connectivity index (χ2n) is 10.3. The van der Waals surface area contributed by atoms with Gasteiger partial charge < -0.3 is 25.0 Å². The number of ether oxygens (including phenoxy) is 2. The fraction of sp³-hybridized carbons (Fsp3) is 0.484. The van der Waals surface area contributed by atoms with Gasteiger partial charge in [-0.05, 0) is 48.4 Å². The molecule has 0 saturated carbocycles. The highest BCUT2D eigenvalue weighted by atomic mass is 16.5. The van der Waals surface area contributed by atoms with Crippen molar-refractivity contribution in [2.24, 2.45) is 5.92 Å². The van der Waals surface area contributed by atoms with Gasteiger partial charge in [0.1, 0.15) is 30.5 Å². The standard InChI is InChI=1S/C30H39N3O6.CH4/c1-20(2)17-26(29(36)33-16-8-11-27(33)30(37)38-4)32-28(35)25(31-21(3)34)18-22-12-14-24(15-13-22)39-19-23-9-6-5-7-10-23;/h5-7,9-10,12-15,20,25-27H,8,11,16-19H2,1-4H3,(H,31,34)(H,32,35);1H4/t25-,26-,27-;/m0./s1. The molecule has 40 heavy (non-hydrogen) atoms. The van der Waals surface area contributed by atoms with Crippen LogP contribution in [0.5, 0.6) is 5.75 Å². The number of amides is 3. The van der Waals surface area contributed by atoms with Crippen LogP contribution in [0.1, 0.15) is 58.6 Å². The van der Waals surface area contributed by atoms with Crippen LogP contribution in [-0.4, -0.2) is 60.4 Å². The van der Waals surface area contributed by atoms with Crippen molar-refractivity contribution in [3.8, 4) is 5.75 Å². The van der Waals surface area contributed by atoms with E-state index in [0.717, 1.165) is 11.1 Å². The maximum absolute atomic E-state index is 13.5. The molecule has 0 unspecified atom stereocenters. The van der Waals surface area contributed by atoms with Crippen molar-refractivity contribution in [3.05, 3.63) is 65.7 Å². The highest BCUT2D eigenvalue weighted by Gasteiger charge is 2.39. The van der Waals surface area contributed by atoms with Crippen molar-refractivity contribution >= 4 is 23.7 Å². The molecule has 1 fully saturated rings. The third kappa shape index (κ3) is 9.39. The summed E-state index contributed by atoms with van der Waals surface area (Å²) in [5.41, 5.74) is 1.88. The zero-order valence-electron chi connectivity index (χ0n) is 23.1. The van der Waals surface area contributed by atoms with Crippen LogP contribution >= 0.6 is 0 Å². The van der Waals surface area contributed by atoms with Crippen molar-refractivity contribution in [2.45, 2.75) is 78.6 Å². The largest absolute Gasteiger partial charge is 0.489 e. The lowest BCUT2D eigenvalue weighted by atomic mass is 10.00. The molecular weight excluding hydrogens is 510 g/mol. The number of esters is 1. The molecule has 0 aliphatic carbocycles. The minimum Gasteiger partial charge on any atom is -0.489 e. The van der Waals surface area contributed by atoms with Crippen molar-refractivity contribution < 1.29 is 28.7 Å². The summed E-state index contributed by atoms with van der Waals surface area (Å²) in [6.07, 6.45) is 1.85. The number of carbonyl (C=O) groups excluding carboxylic acids is 4. The lowest BCUT2D eigenvalue weighted by Crippen LogP contribution is -2.56. The van der Waals surface area contributed by atoms with Crippen molar-refractivity contribution in [3.63, 3.8) is 0 Å². The van der Waals surface area contributed by atoms with Gasteiger partial charge in [-0.3, -0.25) is 14.4 Å². The quantitative estimate of drug-likeness (QED) is 0.388. The molecule has 0 bridgehead atoms. The van der Waals surface area contributed by atoms with Gasteiger partial charge in [-0.25, -0.2) is 4.79 Å². The van der Waals surface area contributed by atoms with E-state index in [1.165, 1.54) is 18.9 Å². The number of benzene rings is 2. The van der Waals surface area contributed by atoms with Crippen LogP contribution < -0.4 is 15.4 Å². The highest BCUT2D eigenvalue weighted by molar-refractivity contribution is 5.93. The molecule has 218 valence electrons. The molecule has 0 spiro atoms. The SMILES string of the molecule is C.COC(=O)[C@@H]1CCCN1C(=O)[C@H](CC(C)C)NC(=O)[C@H](Cc1ccc(OCc2ccccc2)cc1)NC(C)=O. The van der Waals surface area contributed by atoms with Gasteiger partial charge in [0, 0.05) is 19.9 Å². The topological polar surface area (TPSA) is 114 Å². The Morgan fingerprint density at radius 2 is 1.62 bits per heavy atom. The van der Waals surface area contributed by atoms with Gasteiger partial charge in [0.25, 0.3) is 0 Å². The molecule has 0 aromatic heterocycles. The Morgan fingerprint density at radius 1 is 0.950 bits per heavy atom. The van der Waals surface area contributed by atoms with E-state index < -0.39 is 30.0 Å². The Balaban J connectivity index is 0.00000560. The van der Waals surface area contributed by atoms with Crippen LogP contribution in [0.3, 0.4) is 0 Å². The average molecular weight is 554 g/mol. The van der Waals surface area contributed by atoms with E-state index in [4.69, 9.17) is 9.47 Å². The summed E-state index contributed by atoms with van der Waals surface area (Å²) in [4.78, 5) is 52.5. The monoisotopic (exact) mass is 553 g/mol. The summed E-state index contributed by atoms with van der Waals surface area (Å²) in [5.74, 6) is -0.774. The minimum atomic E-state index is -0.879. The first-order chi connectivity index (χ1) is 18.7. The van der Waals surface area contributed by atoms with Gasteiger partial charge in [0.2, 0.25) is 17.7 Å². The molecule has 2 aromatic carbocycles. The molecular formula is C31H43N3O6. The third-order valence-corrected chi connectivity index (χ3v) is 6.64. The Bertz CT molecular complexity index is 1120. The predicted molar refractivity (Wildman–Crippen MR) is 153 cm³/mol. The van der Waals surface area contributed by atoms with Crippen LogP contribution in [0.2, 0.25) is 0 Å². The van der Waals surface area contributed by atoms with E-state index in [0.29, 0.717) is 38.2 Å². The van der Waals surface area contributed by atoms with E-state index in [2.05, 4.69) is 10.6 Å². The number of hydrogen-bond acceptors (Lipinski definition) is 6. The lowest BCUT2D eigenvalue weighted by molar-refractivity contribution is -0.152. The summed E-state index contributed by atoms with van der Waals surface area (Å²) < 4.78 is 10.7. The van der Waals surface area contributed by atoms with Crippen molar-refractivity contribution in [2.75, 3.05) is 13.7 Å². The molecule has 3 rings (SSSR count).